The lowest BCUT2D eigenvalue weighted by Gasteiger charge is -2.13. The van der Waals surface area contributed by atoms with Gasteiger partial charge in [-0.3, -0.25) is 4.79 Å². The third-order valence-electron chi connectivity index (χ3n) is 5.16. The fraction of sp³-hybridized carbons (Fsp3) is 0.533. The Kier molecular flexibility index (Phi) is 3.00. The van der Waals surface area contributed by atoms with Gasteiger partial charge in [0, 0.05) is 6.54 Å². The molecule has 2 rings (SSSR count). The fourth-order valence-corrected chi connectivity index (χ4v) is 3.02. The third-order valence-corrected chi connectivity index (χ3v) is 5.16. The van der Waals surface area contributed by atoms with E-state index < -0.39 is 5.91 Å². The number of para-hydroxylation sites is 1. The van der Waals surface area contributed by atoms with Crippen molar-refractivity contribution < 1.29 is 4.79 Å². The van der Waals surface area contributed by atoms with Crippen molar-refractivity contribution in [2.24, 2.45) is 22.5 Å². The second-order valence-corrected chi connectivity index (χ2v) is 6.51. The Morgan fingerprint density at radius 2 is 1.84 bits per heavy atom. The van der Waals surface area contributed by atoms with E-state index in [1.807, 2.05) is 0 Å². The lowest BCUT2D eigenvalue weighted by molar-refractivity contribution is 0.100. The summed E-state index contributed by atoms with van der Waals surface area (Å²) in [5.74, 6) is 0.101. The Labute approximate surface area is 114 Å². The molecule has 5 N–H and O–H groups in total. The van der Waals surface area contributed by atoms with Gasteiger partial charge in [-0.2, -0.15) is 0 Å². The molecular formula is C15H23N3O. The maximum atomic E-state index is 11.4. The van der Waals surface area contributed by atoms with Gasteiger partial charge in [0.15, 0.2) is 0 Å². The molecule has 1 amide bonds. The number of anilines is 2. The normalized spacial score (nSPS) is 20.0. The van der Waals surface area contributed by atoms with Gasteiger partial charge in [0.1, 0.15) is 0 Å². The minimum Gasteiger partial charge on any atom is -0.397 e. The molecule has 19 heavy (non-hydrogen) atoms. The van der Waals surface area contributed by atoms with E-state index in [1.165, 1.54) is 0 Å². The Balaban J connectivity index is 2.16. The Hall–Kier alpha value is -1.71. The minimum atomic E-state index is -0.455. The highest BCUT2D eigenvalue weighted by atomic mass is 16.1. The van der Waals surface area contributed by atoms with Gasteiger partial charge in [0.25, 0.3) is 5.91 Å². The molecule has 0 radical (unpaired) electrons. The van der Waals surface area contributed by atoms with Gasteiger partial charge in [-0.1, -0.05) is 33.8 Å². The summed E-state index contributed by atoms with van der Waals surface area (Å²) in [5, 5.41) is 3.31. The molecule has 0 heterocycles. The molecule has 1 aromatic carbocycles. The van der Waals surface area contributed by atoms with Crippen LogP contribution in [-0.2, 0) is 0 Å². The molecule has 0 unspecified atom stereocenters. The van der Waals surface area contributed by atoms with Crippen molar-refractivity contribution in [3.8, 4) is 0 Å². The van der Waals surface area contributed by atoms with Crippen molar-refractivity contribution in [1.29, 1.82) is 0 Å². The smallest absolute Gasteiger partial charge is 0.250 e. The second-order valence-electron chi connectivity index (χ2n) is 6.51. The fourth-order valence-electron chi connectivity index (χ4n) is 3.02. The largest absolute Gasteiger partial charge is 0.397 e. The maximum Gasteiger partial charge on any atom is 0.250 e. The van der Waals surface area contributed by atoms with E-state index in [4.69, 9.17) is 11.5 Å². The van der Waals surface area contributed by atoms with Gasteiger partial charge in [-0.15, -0.1) is 0 Å². The number of amides is 1. The quantitative estimate of drug-likeness (QED) is 0.728. The summed E-state index contributed by atoms with van der Waals surface area (Å²) in [4.78, 5) is 11.4. The van der Waals surface area contributed by atoms with Crippen LogP contribution >= 0.6 is 0 Å². The van der Waals surface area contributed by atoms with Gasteiger partial charge >= 0.3 is 0 Å². The minimum absolute atomic E-state index is 0.302. The zero-order chi connectivity index (χ0) is 14.4. The van der Waals surface area contributed by atoms with E-state index in [0.29, 0.717) is 33.7 Å². The molecule has 1 fully saturated rings. The monoisotopic (exact) mass is 261 g/mol. The molecule has 1 aliphatic carbocycles. The molecule has 1 aliphatic rings. The maximum absolute atomic E-state index is 11.4. The highest BCUT2D eigenvalue weighted by Gasteiger charge is 2.64. The van der Waals surface area contributed by atoms with Crippen molar-refractivity contribution in [2.45, 2.75) is 27.7 Å². The third kappa shape index (κ3) is 2.05. The van der Waals surface area contributed by atoms with Crippen LogP contribution in [0.5, 0.6) is 0 Å². The lowest BCUT2D eigenvalue weighted by atomic mass is 10.0. The number of nitrogens with one attached hydrogen (secondary N) is 1. The van der Waals surface area contributed by atoms with E-state index in [1.54, 1.807) is 18.2 Å². The molecule has 0 spiro atoms. The number of nitrogens with two attached hydrogens (primary N) is 2. The topological polar surface area (TPSA) is 81.1 Å². The van der Waals surface area contributed by atoms with Crippen LogP contribution < -0.4 is 16.8 Å². The molecule has 0 bridgehead atoms. The van der Waals surface area contributed by atoms with Gasteiger partial charge in [-0.05, 0) is 28.9 Å². The second kappa shape index (κ2) is 4.15. The first-order chi connectivity index (χ1) is 8.69. The Morgan fingerprint density at radius 1 is 1.26 bits per heavy atom. The Bertz CT molecular complexity index is 506. The summed E-state index contributed by atoms with van der Waals surface area (Å²) in [5.41, 5.74) is 13.6. The SMILES string of the molecule is CC1(C)C(CNc2c(N)cccc2C(N)=O)C1(C)C. The van der Waals surface area contributed by atoms with Crippen LogP contribution in [0.2, 0.25) is 0 Å². The summed E-state index contributed by atoms with van der Waals surface area (Å²) in [6, 6.07) is 5.22. The highest BCUT2D eigenvalue weighted by Crippen LogP contribution is 2.68. The molecule has 0 aromatic heterocycles. The molecular weight excluding hydrogens is 238 g/mol. The summed E-state index contributed by atoms with van der Waals surface area (Å²) in [7, 11) is 0. The van der Waals surface area contributed by atoms with Crippen molar-refractivity contribution in [3.63, 3.8) is 0 Å². The van der Waals surface area contributed by atoms with Crippen LogP contribution in [0, 0.1) is 16.7 Å². The predicted molar refractivity (Wildman–Crippen MR) is 78.9 cm³/mol. The lowest BCUT2D eigenvalue weighted by Crippen LogP contribution is -2.17. The van der Waals surface area contributed by atoms with Crippen LogP contribution in [0.3, 0.4) is 0 Å². The van der Waals surface area contributed by atoms with Crippen molar-refractivity contribution >= 4 is 17.3 Å². The van der Waals surface area contributed by atoms with Gasteiger partial charge in [0.2, 0.25) is 0 Å². The number of benzene rings is 1. The van der Waals surface area contributed by atoms with E-state index >= 15 is 0 Å². The highest BCUT2D eigenvalue weighted by molar-refractivity contribution is 6.01. The Morgan fingerprint density at radius 3 is 2.32 bits per heavy atom. The number of hydrogen-bond donors (Lipinski definition) is 3. The first-order valence-corrected chi connectivity index (χ1v) is 6.61. The van der Waals surface area contributed by atoms with E-state index in [-0.39, 0.29) is 0 Å². The number of nitrogen functional groups attached to an aromatic ring is 1. The molecule has 104 valence electrons. The zero-order valence-electron chi connectivity index (χ0n) is 12.1. The first-order valence-electron chi connectivity index (χ1n) is 6.61. The average molecular weight is 261 g/mol. The van der Waals surface area contributed by atoms with Gasteiger partial charge < -0.3 is 16.8 Å². The van der Waals surface area contributed by atoms with E-state index in [9.17, 15) is 4.79 Å². The average Bonchev–Trinajstić information content (AvgIpc) is 2.68. The van der Waals surface area contributed by atoms with Crippen LogP contribution in [0.15, 0.2) is 18.2 Å². The molecule has 0 aliphatic heterocycles. The molecule has 1 saturated carbocycles. The van der Waals surface area contributed by atoms with E-state index in [0.717, 1.165) is 6.54 Å². The molecule has 0 saturated heterocycles. The van der Waals surface area contributed by atoms with Crippen molar-refractivity contribution in [3.05, 3.63) is 23.8 Å². The zero-order valence-corrected chi connectivity index (χ0v) is 12.1. The summed E-state index contributed by atoms with van der Waals surface area (Å²) in [6.45, 7) is 9.87. The van der Waals surface area contributed by atoms with Crippen LogP contribution in [-0.4, -0.2) is 12.5 Å². The van der Waals surface area contributed by atoms with Crippen LogP contribution in [0.1, 0.15) is 38.1 Å². The number of rotatable bonds is 4. The summed E-state index contributed by atoms with van der Waals surface area (Å²) >= 11 is 0. The standard InChI is InChI=1S/C15H23N3O/c1-14(2)11(15(14,3)4)8-18-12-9(13(17)19)6-5-7-10(12)16/h5-7,11,18H,8,16H2,1-4H3,(H2,17,19). The summed E-state index contributed by atoms with van der Waals surface area (Å²) < 4.78 is 0. The number of hydrogen-bond acceptors (Lipinski definition) is 3. The number of carbonyl (C=O) groups excluding carboxylic acids is 1. The van der Waals surface area contributed by atoms with Gasteiger partial charge in [0.05, 0.1) is 16.9 Å². The predicted octanol–water partition coefficient (Wildman–Crippen LogP) is 2.46. The number of carbonyl (C=O) groups is 1. The molecule has 0 atom stereocenters. The summed E-state index contributed by atoms with van der Waals surface area (Å²) in [6.07, 6.45) is 0. The molecule has 4 heteroatoms. The molecule has 1 aromatic rings. The van der Waals surface area contributed by atoms with Crippen molar-refractivity contribution in [2.75, 3.05) is 17.6 Å². The molecule has 4 nitrogen and oxygen atoms in total. The van der Waals surface area contributed by atoms with Crippen LogP contribution in [0.4, 0.5) is 11.4 Å². The van der Waals surface area contributed by atoms with Gasteiger partial charge in [-0.25, -0.2) is 0 Å². The van der Waals surface area contributed by atoms with Crippen molar-refractivity contribution in [1.82, 2.24) is 0 Å². The van der Waals surface area contributed by atoms with Crippen LogP contribution in [0.25, 0.3) is 0 Å². The first kappa shape index (κ1) is 13.7. The number of primary amides is 1. The van der Waals surface area contributed by atoms with E-state index in [2.05, 4.69) is 33.0 Å².